The number of benzene rings is 2. The predicted molar refractivity (Wildman–Crippen MR) is 175 cm³/mol. The molecule has 2 aromatic carbocycles. The number of pyridine rings is 1. The molecule has 0 unspecified atom stereocenters. The van der Waals surface area contributed by atoms with Crippen molar-refractivity contribution in [2.24, 2.45) is 0 Å². The molecule has 2 atom stereocenters. The van der Waals surface area contributed by atoms with Gasteiger partial charge in [-0.2, -0.15) is 0 Å². The van der Waals surface area contributed by atoms with Gasteiger partial charge in [-0.15, -0.1) is 0 Å². The smallest absolute Gasteiger partial charge is 0.305 e. The Morgan fingerprint density at radius 1 is 1.09 bits per heavy atom. The van der Waals surface area contributed by atoms with Crippen LogP contribution in [0.2, 0.25) is 0 Å². The molecule has 1 amide bonds. The number of hydrogen-bond acceptors (Lipinski definition) is 6. The number of aliphatic carboxylic acids is 1. The second kappa shape index (κ2) is 15.4. The van der Waals surface area contributed by atoms with Crippen LogP contribution in [-0.2, 0) is 17.6 Å². The standard InChI is InChI=1S/C36H44FN3O5/c1-22(2)34-30(16-15-27(41)20-28(42)21-32(43)44)33(24-11-13-26(37)14-12-24)29-8-5-7-23-9-10-25(19-31(23)35(29)39-34)36(45)38-17-6-18-40(3)4/h9-16,19,22,27-28,41-42H,5-8,17-18,20-21H2,1-4H3,(H,38,45)(H,43,44)/b16-15+/t27-,28-/m1/s1. The summed E-state index contributed by atoms with van der Waals surface area (Å²) in [6, 6.07) is 12.1. The molecule has 1 aromatic heterocycles. The number of aromatic nitrogens is 1. The minimum atomic E-state index is -1.19. The second-order valence-corrected chi connectivity index (χ2v) is 12.3. The highest BCUT2D eigenvalue weighted by atomic mass is 19.1. The van der Waals surface area contributed by atoms with Crippen LogP contribution >= 0.6 is 0 Å². The number of aliphatic hydroxyl groups excluding tert-OH is 2. The Hall–Kier alpha value is -3.92. The van der Waals surface area contributed by atoms with E-state index in [-0.39, 0.29) is 24.1 Å². The van der Waals surface area contributed by atoms with Gasteiger partial charge in [0.25, 0.3) is 5.91 Å². The van der Waals surface area contributed by atoms with Crippen molar-refractivity contribution in [3.8, 4) is 22.4 Å². The lowest BCUT2D eigenvalue weighted by Crippen LogP contribution is -2.27. The molecular formula is C36H44FN3O5. The molecule has 0 saturated carbocycles. The maximum Gasteiger partial charge on any atom is 0.305 e. The quantitative estimate of drug-likeness (QED) is 0.188. The summed E-state index contributed by atoms with van der Waals surface area (Å²) in [5, 5.41) is 32.7. The molecule has 3 aromatic rings. The van der Waals surface area contributed by atoms with E-state index in [1.807, 2.05) is 46.1 Å². The van der Waals surface area contributed by atoms with Crippen molar-refractivity contribution >= 4 is 18.0 Å². The average molecular weight is 618 g/mol. The predicted octanol–water partition coefficient (Wildman–Crippen LogP) is 5.45. The number of hydrogen-bond donors (Lipinski definition) is 4. The van der Waals surface area contributed by atoms with Crippen LogP contribution in [0.25, 0.3) is 28.5 Å². The topological polar surface area (TPSA) is 123 Å². The lowest BCUT2D eigenvalue weighted by Gasteiger charge is -2.22. The summed E-state index contributed by atoms with van der Waals surface area (Å²) in [4.78, 5) is 31.4. The molecular weight excluding hydrogens is 573 g/mol. The molecule has 0 fully saturated rings. The Bertz CT molecular complexity index is 1530. The largest absolute Gasteiger partial charge is 0.481 e. The first kappa shape index (κ1) is 34.0. The van der Waals surface area contributed by atoms with E-state index >= 15 is 0 Å². The zero-order valence-electron chi connectivity index (χ0n) is 26.5. The molecule has 9 heteroatoms. The number of rotatable bonds is 13. The van der Waals surface area contributed by atoms with E-state index in [2.05, 4.69) is 10.2 Å². The number of carboxylic acid groups (broad SMARTS) is 1. The van der Waals surface area contributed by atoms with Crippen LogP contribution in [-0.4, -0.2) is 76.5 Å². The van der Waals surface area contributed by atoms with E-state index in [9.17, 15) is 24.2 Å². The molecule has 0 spiro atoms. The van der Waals surface area contributed by atoms with Crippen LogP contribution in [0.15, 0.2) is 48.5 Å². The highest BCUT2D eigenvalue weighted by molar-refractivity contribution is 5.96. The number of carbonyl (C=O) groups is 2. The lowest BCUT2D eigenvalue weighted by molar-refractivity contribution is -0.139. The Morgan fingerprint density at radius 3 is 2.49 bits per heavy atom. The molecule has 4 rings (SSSR count). The normalized spacial score (nSPS) is 14.2. The number of nitrogens with zero attached hydrogens (tertiary/aromatic N) is 2. The second-order valence-electron chi connectivity index (χ2n) is 12.3. The molecule has 1 heterocycles. The summed E-state index contributed by atoms with van der Waals surface area (Å²) in [6.45, 7) is 5.51. The minimum absolute atomic E-state index is 0.0289. The Kier molecular flexibility index (Phi) is 11.6. The number of aliphatic hydroxyl groups is 2. The third kappa shape index (κ3) is 8.84. The first-order chi connectivity index (χ1) is 21.4. The van der Waals surface area contributed by atoms with Crippen LogP contribution in [0.3, 0.4) is 0 Å². The van der Waals surface area contributed by atoms with Gasteiger partial charge >= 0.3 is 5.97 Å². The van der Waals surface area contributed by atoms with Crippen molar-refractivity contribution < 1.29 is 29.3 Å². The molecule has 45 heavy (non-hydrogen) atoms. The Morgan fingerprint density at radius 2 is 1.82 bits per heavy atom. The van der Waals surface area contributed by atoms with Crippen molar-refractivity contribution in [2.75, 3.05) is 27.2 Å². The number of nitrogens with one attached hydrogen (secondary N) is 1. The van der Waals surface area contributed by atoms with E-state index in [0.29, 0.717) is 18.5 Å². The highest BCUT2D eigenvalue weighted by Crippen LogP contribution is 2.42. The fraction of sp³-hybridized carbons (Fsp3) is 0.417. The summed E-state index contributed by atoms with van der Waals surface area (Å²) < 4.78 is 14.1. The van der Waals surface area contributed by atoms with E-state index in [0.717, 1.165) is 70.6 Å². The van der Waals surface area contributed by atoms with E-state index in [1.54, 1.807) is 24.3 Å². The monoisotopic (exact) mass is 617 g/mol. The van der Waals surface area contributed by atoms with Crippen molar-refractivity contribution in [1.29, 1.82) is 0 Å². The van der Waals surface area contributed by atoms with Crippen LogP contribution in [0, 0.1) is 5.82 Å². The van der Waals surface area contributed by atoms with Gasteiger partial charge in [-0.1, -0.05) is 44.2 Å². The first-order valence-corrected chi connectivity index (χ1v) is 15.6. The number of fused-ring (bicyclic) bond motifs is 3. The van der Waals surface area contributed by atoms with E-state index < -0.39 is 24.6 Å². The molecule has 4 N–H and O–H groups in total. The van der Waals surface area contributed by atoms with Crippen molar-refractivity contribution in [2.45, 2.75) is 70.5 Å². The molecule has 1 aliphatic rings. The van der Waals surface area contributed by atoms with Crippen LogP contribution in [0.1, 0.15) is 78.2 Å². The first-order valence-electron chi connectivity index (χ1n) is 15.6. The zero-order valence-corrected chi connectivity index (χ0v) is 26.5. The molecule has 0 radical (unpaired) electrons. The maximum atomic E-state index is 14.1. The fourth-order valence-corrected chi connectivity index (χ4v) is 5.84. The molecule has 8 nitrogen and oxygen atoms in total. The van der Waals surface area contributed by atoms with Gasteiger partial charge in [0.05, 0.1) is 30.0 Å². The molecule has 240 valence electrons. The third-order valence-electron chi connectivity index (χ3n) is 8.02. The summed E-state index contributed by atoms with van der Waals surface area (Å²) >= 11 is 0. The van der Waals surface area contributed by atoms with E-state index in [1.165, 1.54) is 12.1 Å². The zero-order chi connectivity index (χ0) is 32.7. The molecule has 0 aliphatic heterocycles. The Labute approximate surface area is 264 Å². The van der Waals surface area contributed by atoms with Crippen molar-refractivity contribution in [3.63, 3.8) is 0 Å². The van der Waals surface area contributed by atoms with Gasteiger partial charge in [-0.3, -0.25) is 14.6 Å². The van der Waals surface area contributed by atoms with Gasteiger partial charge in [0.2, 0.25) is 0 Å². The van der Waals surface area contributed by atoms with Crippen molar-refractivity contribution in [1.82, 2.24) is 15.2 Å². The number of halogens is 1. The number of aryl methyl sites for hydroxylation is 1. The Balaban J connectivity index is 1.83. The van der Waals surface area contributed by atoms with Crippen molar-refractivity contribution in [3.05, 3.63) is 82.3 Å². The number of amides is 1. The number of carboxylic acids is 1. The van der Waals surface area contributed by atoms with Gasteiger partial charge in [-0.05, 0) is 98.8 Å². The minimum Gasteiger partial charge on any atom is -0.481 e. The van der Waals surface area contributed by atoms with Crippen LogP contribution in [0.4, 0.5) is 4.39 Å². The SMILES string of the molecule is CC(C)c1nc2c(c(-c3ccc(F)cc3)c1/C=C/[C@@H](O)C[C@@H](O)CC(=O)O)CCCc1ccc(C(=O)NCCCN(C)C)cc1-2. The fourth-order valence-electron chi connectivity index (χ4n) is 5.84. The average Bonchev–Trinajstić information content (AvgIpc) is 3.16. The van der Waals surface area contributed by atoms with Gasteiger partial charge in [0, 0.05) is 29.7 Å². The van der Waals surface area contributed by atoms with Gasteiger partial charge in [-0.25, -0.2) is 4.39 Å². The van der Waals surface area contributed by atoms with E-state index in [4.69, 9.17) is 10.1 Å². The summed E-state index contributed by atoms with van der Waals surface area (Å²) in [7, 11) is 4.00. The lowest BCUT2D eigenvalue weighted by atomic mass is 9.86. The summed E-state index contributed by atoms with van der Waals surface area (Å²) in [5.41, 5.74) is 7.58. The van der Waals surface area contributed by atoms with Crippen LogP contribution < -0.4 is 5.32 Å². The highest BCUT2D eigenvalue weighted by Gasteiger charge is 2.26. The van der Waals surface area contributed by atoms with Gasteiger partial charge in [0.15, 0.2) is 0 Å². The third-order valence-corrected chi connectivity index (χ3v) is 8.02. The summed E-state index contributed by atoms with van der Waals surface area (Å²) in [6.07, 6.45) is 3.67. The molecule has 0 saturated heterocycles. The van der Waals surface area contributed by atoms with Gasteiger partial charge in [0.1, 0.15) is 5.82 Å². The maximum absolute atomic E-state index is 14.1. The summed E-state index contributed by atoms with van der Waals surface area (Å²) in [5.74, 6) is -1.66. The number of carbonyl (C=O) groups excluding carboxylic acids is 1. The van der Waals surface area contributed by atoms with Crippen LogP contribution in [0.5, 0.6) is 0 Å². The van der Waals surface area contributed by atoms with Gasteiger partial charge < -0.3 is 25.5 Å². The molecule has 0 bridgehead atoms. The molecule has 1 aliphatic carbocycles.